The minimum absolute atomic E-state index is 0.189. The molecule has 190 valence electrons. The van der Waals surface area contributed by atoms with Gasteiger partial charge in [0.2, 0.25) is 12.7 Å². The molecule has 0 saturated carbocycles. The average Bonchev–Trinajstić information content (AvgIpc) is 3.35. The largest absolute Gasteiger partial charge is 0.493 e. The number of carbonyl (C=O) groups excluding carboxylic acids is 1. The van der Waals surface area contributed by atoms with Crippen LogP contribution in [0, 0.1) is 5.92 Å². The van der Waals surface area contributed by atoms with Gasteiger partial charge in [-0.2, -0.15) is 0 Å². The first-order valence-corrected chi connectivity index (χ1v) is 12.5. The maximum atomic E-state index is 13.9. The van der Waals surface area contributed by atoms with Crippen molar-refractivity contribution in [2.75, 3.05) is 19.2 Å². The van der Waals surface area contributed by atoms with Gasteiger partial charge in [0.05, 0.1) is 13.2 Å². The number of hydrogen-bond donors (Lipinski definition) is 2. The molecule has 1 fully saturated rings. The molecule has 0 radical (unpaired) electrons. The number of halogens is 1. The summed E-state index contributed by atoms with van der Waals surface area (Å²) in [4.78, 5) is 15.8. The summed E-state index contributed by atoms with van der Waals surface area (Å²) in [6, 6.07) is 17.9. The van der Waals surface area contributed by atoms with E-state index in [9.17, 15) is 4.79 Å². The van der Waals surface area contributed by atoms with Crippen LogP contribution in [0.1, 0.15) is 24.1 Å². The Bertz CT molecular complexity index is 1400. The molecule has 3 heterocycles. The van der Waals surface area contributed by atoms with Gasteiger partial charge in [-0.1, -0.05) is 29.8 Å². The SMILES string of the molecule is COc1cccc2c1O[C@@]1(C)[C@@H](C(=O)Nc3ccc(Cl)cc3)[C@H]2NC(=S)N1Cc1ccc2c(c1)OCO2. The highest BCUT2D eigenvalue weighted by Crippen LogP contribution is 2.52. The number of thiocarbonyl (C=S) groups is 1. The standard InChI is InChI=1S/C27H24ClN3O5S/c1-27-22(25(32)29-17-9-7-16(28)8-10-17)23(18-4-3-5-20(33-2)24(18)36-27)30-26(37)31(27)13-15-6-11-19-21(12-15)35-14-34-19/h3-12,22-23H,13-14H2,1-2H3,(H,29,32)(H,30,37)/t22-,23+,27+/m1/s1. The summed E-state index contributed by atoms with van der Waals surface area (Å²) in [7, 11) is 1.60. The monoisotopic (exact) mass is 537 g/mol. The lowest BCUT2D eigenvalue weighted by atomic mass is 9.78. The molecule has 0 spiro atoms. The number of nitrogens with zero attached hydrogens (tertiary/aromatic N) is 1. The third-order valence-electron chi connectivity index (χ3n) is 7.02. The van der Waals surface area contributed by atoms with Crippen molar-refractivity contribution in [3.8, 4) is 23.0 Å². The lowest BCUT2D eigenvalue weighted by molar-refractivity contribution is -0.151. The Kier molecular flexibility index (Phi) is 5.77. The minimum Gasteiger partial charge on any atom is -0.493 e. The number of hydrogen-bond acceptors (Lipinski definition) is 6. The van der Waals surface area contributed by atoms with Crippen LogP contribution in [0.25, 0.3) is 0 Å². The number of anilines is 1. The Labute approximate surface area is 224 Å². The van der Waals surface area contributed by atoms with E-state index in [1.54, 1.807) is 31.4 Å². The molecule has 3 aliphatic heterocycles. The molecule has 3 aromatic rings. The highest BCUT2D eigenvalue weighted by Gasteiger charge is 2.59. The van der Waals surface area contributed by atoms with Crippen LogP contribution in [0.15, 0.2) is 60.7 Å². The molecule has 2 N–H and O–H groups in total. The molecule has 37 heavy (non-hydrogen) atoms. The molecule has 1 saturated heterocycles. The fraction of sp³-hybridized carbons (Fsp3) is 0.259. The maximum absolute atomic E-state index is 13.9. The second kappa shape index (κ2) is 9.00. The zero-order chi connectivity index (χ0) is 25.7. The van der Waals surface area contributed by atoms with Crippen molar-refractivity contribution in [1.29, 1.82) is 0 Å². The van der Waals surface area contributed by atoms with Gasteiger partial charge in [0.25, 0.3) is 0 Å². The summed E-state index contributed by atoms with van der Waals surface area (Å²) in [6.07, 6.45) is 0. The number of benzene rings is 3. The van der Waals surface area contributed by atoms with Crippen LogP contribution in [0.4, 0.5) is 5.69 Å². The smallest absolute Gasteiger partial charge is 0.236 e. The lowest BCUT2D eigenvalue weighted by Gasteiger charge is -2.56. The molecule has 10 heteroatoms. The van der Waals surface area contributed by atoms with Gasteiger partial charge in [0.1, 0.15) is 5.92 Å². The highest BCUT2D eigenvalue weighted by molar-refractivity contribution is 7.80. The molecular formula is C27H24ClN3O5S. The summed E-state index contributed by atoms with van der Waals surface area (Å²) in [5.41, 5.74) is 1.23. The van der Waals surface area contributed by atoms with Crippen LogP contribution in [-0.2, 0) is 11.3 Å². The number of ether oxygens (including phenoxy) is 4. The van der Waals surface area contributed by atoms with E-state index in [-0.39, 0.29) is 12.7 Å². The third kappa shape index (κ3) is 3.98. The van der Waals surface area contributed by atoms with Crippen molar-refractivity contribution >= 4 is 40.5 Å². The topological polar surface area (TPSA) is 81.3 Å². The molecule has 2 bridgehead atoms. The van der Waals surface area contributed by atoms with Gasteiger partial charge in [0.15, 0.2) is 33.8 Å². The van der Waals surface area contributed by atoms with Crippen molar-refractivity contribution in [1.82, 2.24) is 10.2 Å². The first-order valence-electron chi connectivity index (χ1n) is 11.8. The zero-order valence-corrected chi connectivity index (χ0v) is 21.7. The van der Waals surface area contributed by atoms with Crippen LogP contribution < -0.4 is 29.6 Å². The van der Waals surface area contributed by atoms with Crippen molar-refractivity contribution in [2.45, 2.75) is 25.2 Å². The molecule has 0 aromatic heterocycles. The molecule has 3 aromatic carbocycles. The molecule has 0 aliphatic carbocycles. The Balaban J connectivity index is 1.41. The van der Waals surface area contributed by atoms with Gasteiger partial charge in [-0.15, -0.1) is 0 Å². The zero-order valence-electron chi connectivity index (χ0n) is 20.1. The van der Waals surface area contributed by atoms with E-state index in [0.29, 0.717) is 45.4 Å². The summed E-state index contributed by atoms with van der Waals surface area (Å²) in [5, 5.41) is 7.51. The Morgan fingerprint density at radius 2 is 1.97 bits per heavy atom. The number of amides is 1. The fourth-order valence-corrected chi connectivity index (χ4v) is 5.70. The van der Waals surface area contributed by atoms with E-state index in [1.807, 2.05) is 48.2 Å². The summed E-state index contributed by atoms with van der Waals surface area (Å²) < 4.78 is 23.3. The number of fused-ring (bicyclic) bond motifs is 5. The Morgan fingerprint density at radius 1 is 1.19 bits per heavy atom. The van der Waals surface area contributed by atoms with Crippen LogP contribution in [0.2, 0.25) is 5.02 Å². The van der Waals surface area contributed by atoms with Crippen molar-refractivity contribution in [3.63, 3.8) is 0 Å². The molecule has 3 atom stereocenters. The minimum atomic E-state index is -1.14. The molecule has 6 rings (SSSR count). The van der Waals surface area contributed by atoms with E-state index in [4.69, 9.17) is 42.8 Å². The van der Waals surface area contributed by atoms with Gasteiger partial charge in [-0.05, 0) is 67.2 Å². The molecular weight excluding hydrogens is 514 g/mol. The van der Waals surface area contributed by atoms with Crippen LogP contribution in [0.5, 0.6) is 23.0 Å². The second-order valence-corrected chi connectivity index (χ2v) is 10.0. The summed E-state index contributed by atoms with van der Waals surface area (Å²) in [6.45, 7) is 2.46. The van der Waals surface area contributed by atoms with Crippen LogP contribution in [0.3, 0.4) is 0 Å². The molecule has 3 aliphatic rings. The van der Waals surface area contributed by atoms with E-state index in [2.05, 4.69) is 10.6 Å². The predicted molar refractivity (Wildman–Crippen MR) is 142 cm³/mol. The molecule has 8 nitrogen and oxygen atoms in total. The number of carbonyl (C=O) groups is 1. The number of rotatable bonds is 5. The van der Waals surface area contributed by atoms with E-state index in [0.717, 1.165) is 11.1 Å². The number of para-hydroxylation sites is 1. The number of methoxy groups -OCH3 is 1. The van der Waals surface area contributed by atoms with Gasteiger partial charge < -0.3 is 34.5 Å². The normalized spacial score (nSPS) is 23.0. The highest BCUT2D eigenvalue weighted by atomic mass is 35.5. The second-order valence-electron chi connectivity index (χ2n) is 9.21. The van der Waals surface area contributed by atoms with Crippen molar-refractivity contribution < 1.29 is 23.7 Å². The molecule has 1 amide bonds. The third-order valence-corrected chi connectivity index (χ3v) is 7.61. The van der Waals surface area contributed by atoms with E-state index in [1.165, 1.54) is 0 Å². The van der Waals surface area contributed by atoms with E-state index >= 15 is 0 Å². The first-order chi connectivity index (χ1) is 17.9. The Hall–Kier alpha value is -3.69. The predicted octanol–water partition coefficient (Wildman–Crippen LogP) is 4.87. The van der Waals surface area contributed by atoms with Gasteiger partial charge >= 0.3 is 0 Å². The summed E-state index contributed by atoms with van der Waals surface area (Å²) in [5.74, 6) is 1.66. The van der Waals surface area contributed by atoms with Crippen LogP contribution in [-0.4, -0.2) is 35.5 Å². The first kappa shape index (κ1) is 23.7. The summed E-state index contributed by atoms with van der Waals surface area (Å²) >= 11 is 11.9. The van der Waals surface area contributed by atoms with Crippen LogP contribution >= 0.6 is 23.8 Å². The fourth-order valence-electron chi connectivity index (χ4n) is 5.20. The van der Waals surface area contributed by atoms with Crippen molar-refractivity contribution in [3.05, 3.63) is 76.8 Å². The van der Waals surface area contributed by atoms with Crippen molar-refractivity contribution in [2.24, 2.45) is 5.92 Å². The molecule has 0 unspecified atom stereocenters. The average molecular weight is 538 g/mol. The number of nitrogens with one attached hydrogen (secondary N) is 2. The van der Waals surface area contributed by atoms with Gasteiger partial charge in [0, 0.05) is 22.8 Å². The van der Waals surface area contributed by atoms with Gasteiger partial charge in [-0.25, -0.2) is 0 Å². The lowest BCUT2D eigenvalue weighted by Crippen LogP contribution is -2.71. The van der Waals surface area contributed by atoms with E-state index < -0.39 is 17.7 Å². The van der Waals surface area contributed by atoms with Gasteiger partial charge in [-0.3, -0.25) is 4.79 Å². The Morgan fingerprint density at radius 3 is 2.76 bits per heavy atom. The quantitative estimate of drug-likeness (QED) is 0.446. The maximum Gasteiger partial charge on any atom is 0.236 e.